The maximum atomic E-state index is 5.98. The number of nitrogen functional groups attached to an aromatic ring is 1. The van der Waals surface area contributed by atoms with Crippen molar-refractivity contribution in [3.05, 3.63) is 33.4 Å². The summed E-state index contributed by atoms with van der Waals surface area (Å²) in [6, 6.07) is 5.38. The minimum Gasteiger partial charge on any atom is -0.496 e. The van der Waals surface area contributed by atoms with Crippen LogP contribution in [0, 0.1) is 0 Å². The van der Waals surface area contributed by atoms with Crippen LogP contribution in [0.4, 0.5) is 5.82 Å². The largest absolute Gasteiger partial charge is 0.496 e. The van der Waals surface area contributed by atoms with Gasteiger partial charge >= 0.3 is 0 Å². The Labute approximate surface area is 130 Å². The number of rotatable bonds is 3. The number of halogens is 2. The van der Waals surface area contributed by atoms with Gasteiger partial charge in [0.05, 0.1) is 22.8 Å². The van der Waals surface area contributed by atoms with E-state index in [1.165, 1.54) is 0 Å². The van der Waals surface area contributed by atoms with Gasteiger partial charge in [-0.2, -0.15) is 0 Å². The molecule has 0 spiro atoms. The Morgan fingerprint density at radius 2 is 2.10 bits per heavy atom. The molecule has 1 saturated carbocycles. The molecule has 3 rings (SSSR count). The highest BCUT2D eigenvalue weighted by Crippen LogP contribution is 2.44. The lowest BCUT2D eigenvalue weighted by Gasteiger charge is -2.11. The zero-order chi connectivity index (χ0) is 14.3. The van der Waals surface area contributed by atoms with Crippen LogP contribution in [0.1, 0.15) is 24.5 Å². The highest BCUT2D eigenvalue weighted by atomic mass is 79.9. The first-order valence-corrected chi connectivity index (χ1v) is 7.44. The van der Waals surface area contributed by atoms with E-state index in [0.29, 0.717) is 28.3 Å². The molecule has 1 aromatic carbocycles. The van der Waals surface area contributed by atoms with Crippen LogP contribution in [-0.2, 0) is 0 Å². The van der Waals surface area contributed by atoms with Gasteiger partial charge < -0.3 is 10.5 Å². The number of nitrogens with zero attached hydrogens (tertiary/aromatic N) is 2. The van der Waals surface area contributed by atoms with Crippen molar-refractivity contribution in [2.24, 2.45) is 0 Å². The predicted octanol–water partition coefficient (Wildman–Crippen LogP) is 4.03. The Bertz CT molecular complexity index is 674. The summed E-state index contributed by atoms with van der Waals surface area (Å²) >= 11 is 9.45. The first-order valence-electron chi connectivity index (χ1n) is 6.27. The average molecular weight is 355 g/mol. The molecule has 0 bridgehead atoms. The molecule has 1 aliphatic rings. The first-order chi connectivity index (χ1) is 9.60. The molecule has 20 heavy (non-hydrogen) atoms. The molecule has 0 atom stereocenters. The van der Waals surface area contributed by atoms with Crippen molar-refractivity contribution in [2.45, 2.75) is 18.8 Å². The number of methoxy groups -OCH3 is 1. The molecule has 0 unspecified atom stereocenters. The van der Waals surface area contributed by atoms with Crippen LogP contribution in [0.2, 0.25) is 5.02 Å². The van der Waals surface area contributed by atoms with E-state index >= 15 is 0 Å². The molecule has 2 N–H and O–H groups in total. The van der Waals surface area contributed by atoms with Crippen LogP contribution in [0.3, 0.4) is 0 Å². The number of aromatic nitrogens is 2. The fourth-order valence-corrected chi connectivity index (χ4v) is 2.74. The summed E-state index contributed by atoms with van der Waals surface area (Å²) in [6.07, 6.45) is 2.29. The topological polar surface area (TPSA) is 61.0 Å². The standard InChI is InChI=1S/C14H13BrClN3O/c1-20-10-6-8(16)4-5-9(10)14-18-12(7-2-3-7)11(15)13(17)19-14/h4-7H,2-3H2,1H3,(H2,17,18,19). The molecule has 0 aliphatic heterocycles. The molecule has 0 saturated heterocycles. The van der Waals surface area contributed by atoms with E-state index in [2.05, 4.69) is 25.9 Å². The van der Waals surface area contributed by atoms with Crippen molar-refractivity contribution in [3.63, 3.8) is 0 Å². The molecule has 6 heteroatoms. The van der Waals surface area contributed by atoms with Gasteiger partial charge in [-0.05, 0) is 47.0 Å². The number of nitrogens with two attached hydrogens (primary N) is 1. The summed E-state index contributed by atoms with van der Waals surface area (Å²) in [5, 5.41) is 0.609. The maximum Gasteiger partial charge on any atom is 0.165 e. The van der Waals surface area contributed by atoms with E-state index in [0.717, 1.165) is 28.6 Å². The van der Waals surface area contributed by atoms with Gasteiger partial charge in [0.1, 0.15) is 11.6 Å². The molecule has 1 aromatic heterocycles. The van der Waals surface area contributed by atoms with Crippen LogP contribution in [-0.4, -0.2) is 17.1 Å². The van der Waals surface area contributed by atoms with Gasteiger partial charge in [-0.1, -0.05) is 11.6 Å². The monoisotopic (exact) mass is 353 g/mol. The Morgan fingerprint density at radius 3 is 2.75 bits per heavy atom. The molecule has 104 valence electrons. The third-order valence-corrected chi connectivity index (χ3v) is 4.32. The molecule has 1 heterocycles. The predicted molar refractivity (Wildman–Crippen MR) is 83.1 cm³/mol. The van der Waals surface area contributed by atoms with Gasteiger partial charge in [0.2, 0.25) is 0 Å². The molecule has 0 radical (unpaired) electrons. The van der Waals surface area contributed by atoms with Crippen molar-refractivity contribution in [1.82, 2.24) is 9.97 Å². The van der Waals surface area contributed by atoms with E-state index in [1.807, 2.05) is 6.07 Å². The second-order valence-electron chi connectivity index (χ2n) is 4.75. The Hall–Kier alpha value is -1.33. The minimum absolute atomic E-state index is 0.453. The lowest BCUT2D eigenvalue weighted by molar-refractivity contribution is 0.416. The summed E-state index contributed by atoms with van der Waals surface area (Å²) in [5.74, 6) is 2.14. The number of ether oxygens (including phenoxy) is 1. The minimum atomic E-state index is 0.453. The Balaban J connectivity index is 2.15. The fraction of sp³-hybridized carbons (Fsp3) is 0.286. The van der Waals surface area contributed by atoms with Gasteiger partial charge in [-0.3, -0.25) is 0 Å². The van der Waals surface area contributed by atoms with E-state index in [1.54, 1.807) is 19.2 Å². The van der Waals surface area contributed by atoms with Gasteiger partial charge in [-0.15, -0.1) is 0 Å². The summed E-state index contributed by atoms with van der Waals surface area (Å²) in [7, 11) is 1.60. The molecule has 4 nitrogen and oxygen atoms in total. The molecular weight excluding hydrogens is 342 g/mol. The highest BCUT2D eigenvalue weighted by Gasteiger charge is 2.29. The highest BCUT2D eigenvalue weighted by molar-refractivity contribution is 9.10. The lowest BCUT2D eigenvalue weighted by atomic mass is 10.1. The zero-order valence-electron chi connectivity index (χ0n) is 10.9. The van der Waals surface area contributed by atoms with Gasteiger partial charge in [0.25, 0.3) is 0 Å². The summed E-state index contributed by atoms with van der Waals surface area (Å²) in [6.45, 7) is 0. The van der Waals surface area contributed by atoms with Crippen molar-refractivity contribution < 1.29 is 4.74 Å². The number of hydrogen-bond donors (Lipinski definition) is 1. The molecule has 1 fully saturated rings. The smallest absolute Gasteiger partial charge is 0.165 e. The van der Waals surface area contributed by atoms with Crippen molar-refractivity contribution in [1.29, 1.82) is 0 Å². The number of anilines is 1. The van der Waals surface area contributed by atoms with E-state index in [4.69, 9.17) is 22.1 Å². The third-order valence-electron chi connectivity index (χ3n) is 3.27. The van der Waals surface area contributed by atoms with Crippen molar-refractivity contribution >= 4 is 33.3 Å². The molecule has 0 amide bonds. The van der Waals surface area contributed by atoms with E-state index in [9.17, 15) is 0 Å². The van der Waals surface area contributed by atoms with Crippen LogP contribution in [0.25, 0.3) is 11.4 Å². The molecule has 2 aromatic rings. The van der Waals surface area contributed by atoms with E-state index in [-0.39, 0.29) is 0 Å². The van der Waals surface area contributed by atoms with Gasteiger partial charge in [0, 0.05) is 10.9 Å². The quantitative estimate of drug-likeness (QED) is 0.904. The summed E-state index contributed by atoms with van der Waals surface area (Å²) < 4.78 is 6.15. The second-order valence-corrected chi connectivity index (χ2v) is 5.98. The number of hydrogen-bond acceptors (Lipinski definition) is 4. The maximum absolute atomic E-state index is 5.98. The van der Waals surface area contributed by atoms with Crippen LogP contribution < -0.4 is 10.5 Å². The SMILES string of the molecule is COc1cc(Cl)ccc1-c1nc(N)c(Br)c(C2CC2)n1. The first kappa shape index (κ1) is 13.6. The number of benzene rings is 1. The Morgan fingerprint density at radius 1 is 1.35 bits per heavy atom. The van der Waals surface area contributed by atoms with Crippen molar-refractivity contribution in [3.8, 4) is 17.1 Å². The average Bonchev–Trinajstić information content (AvgIpc) is 3.26. The van der Waals surface area contributed by atoms with Crippen LogP contribution in [0.5, 0.6) is 5.75 Å². The zero-order valence-corrected chi connectivity index (χ0v) is 13.2. The Kier molecular flexibility index (Phi) is 3.56. The fourth-order valence-electron chi connectivity index (χ4n) is 2.08. The van der Waals surface area contributed by atoms with Crippen LogP contribution >= 0.6 is 27.5 Å². The lowest BCUT2D eigenvalue weighted by Crippen LogP contribution is -2.03. The molecule has 1 aliphatic carbocycles. The van der Waals surface area contributed by atoms with Crippen molar-refractivity contribution in [2.75, 3.05) is 12.8 Å². The molecular formula is C14H13BrClN3O. The summed E-state index contributed by atoms with van der Waals surface area (Å²) in [4.78, 5) is 8.99. The van der Waals surface area contributed by atoms with E-state index < -0.39 is 0 Å². The third kappa shape index (κ3) is 2.47. The normalized spacial score (nSPS) is 14.3. The second kappa shape index (κ2) is 5.22. The van der Waals surface area contributed by atoms with Gasteiger partial charge in [-0.25, -0.2) is 9.97 Å². The van der Waals surface area contributed by atoms with Gasteiger partial charge in [0.15, 0.2) is 5.82 Å². The van der Waals surface area contributed by atoms with Crippen LogP contribution in [0.15, 0.2) is 22.7 Å². The summed E-state index contributed by atoms with van der Waals surface area (Å²) in [5.41, 5.74) is 7.75.